The van der Waals surface area contributed by atoms with Crippen molar-refractivity contribution in [2.75, 3.05) is 11.9 Å². The molecule has 128 valence electrons. The number of anilines is 1. The summed E-state index contributed by atoms with van der Waals surface area (Å²) in [5.74, 6) is -0.356. The molecule has 0 aromatic heterocycles. The van der Waals surface area contributed by atoms with E-state index in [0.29, 0.717) is 11.1 Å². The van der Waals surface area contributed by atoms with E-state index in [2.05, 4.69) is 0 Å². The summed E-state index contributed by atoms with van der Waals surface area (Å²) in [5.41, 5.74) is 1.05. The largest absolute Gasteiger partial charge is 0.370 e. The van der Waals surface area contributed by atoms with Gasteiger partial charge in [0.25, 0.3) is 5.69 Å². The van der Waals surface area contributed by atoms with E-state index in [1.165, 1.54) is 18.2 Å². The number of nitrogens with zero attached hydrogens (tertiary/aromatic N) is 2. The van der Waals surface area contributed by atoms with Crippen molar-refractivity contribution in [3.8, 4) is 0 Å². The van der Waals surface area contributed by atoms with E-state index in [9.17, 15) is 22.9 Å². The first kappa shape index (κ1) is 17.8. The van der Waals surface area contributed by atoms with Gasteiger partial charge in [0.15, 0.2) is 0 Å². The summed E-state index contributed by atoms with van der Waals surface area (Å²) in [6, 6.07) is 8.10. The molecule has 2 aromatic carbocycles. The molecule has 0 amide bonds. The number of hydrogen-bond donors (Lipinski definition) is 1. The van der Waals surface area contributed by atoms with Crippen LogP contribution in [-0.2, 0) is 16.6 Å². The van der Waals surface area contributed by atoms with Gasteiger partial charge in [-0.15, -0.1) is 0 Å². The van der Waals surface area contributed by atoms with Crippen molar-refractivity contribution in [1.82, 2.24) is 0 Å². The van der Waals surface area contributed by atoms with E-state index in [1.54, 1.807) is 31.0 Å². The first-order valence-corrected chi connectivity index (χ1v) is 8.41. The molecule has 0 saturated heterocycles. The zero-order chi connectivity index (χ0) is 18.1. The smallest absolute Gasteiger partial charge is 0.272 e. The number of nitro groups is 1. The molecule has 7 nitrogen and oxygen atoms in total. The zero-order valence-corrected chi connectivity index (χ0v) is 13.9. The standard InChI is InChI=1S/C15H16FN3O4S/c1-10-3-4-11(5-15(10)16)9-18(2)12-6-13(19(20)21)8-14(7-12)24(17,22)23/h3-8H,9H2,1-2H3,(H2,17,22,23). The number of benzene rings is 2. The summed E-state index contributed by atoms with van der Waals surface area (Å²) in [4.78, 5) is 11.5. The lowest BCUT2D eigenvalue weighted by molar-refractivity contribution is -0.385. The topological polar surface area (TPSA) is 107 Å². The third-order valence-corrected chi connectivity index (χ3v) is 4.40. The predicted octanol–water partition coefficient (Wildman–Crippen LogP) is 2.33. The van der Waals surface area contributed by atoms with Gasteiger partial charge in [-0.05, 0) is 30.2 Å². The highest BCUT2D eigenvalue weighted by atomic mass is 32.2. The van der Waals surface area contributed by atoms with Crippen LogP contribution in [-0.4, -0.2) is 20.4 Å². The Hall–Kier alpha value is -2.52. The highest BCUT2D eigenvalue weighted by molar-refractivity contribution is 7.89. The molecule has 0 aliphatic rings. The highest BCUT2D eigenvalue weighted by Crippen LogP contribution is 2.26. The molecule has 24 heavy (non-hydrogen) atoms. The molecule has 9 heteroatoms. The second-order valence-corrected chi connectivity index (χ2v) is 6.99. The minimum absolute atomic E-state index is 0.239. The molecule has 0 spiro atoms. The van der Waals surface area contributed by atoms with Crippen molar-refractivity contribution in [3.63, 3.8) is 0 Å². The van der Waals surface area contributed by atoms with Crippen LogP contribution in [0.3, 0.4) is 0 Å². The molecule has 2 aromatic rings. The Morgan fingerprint density at radius 1 is 1.25 bits per heavy atom. The third-order valence-electron chi connectivity index (χ3n) is 3.51. The van der Waals surface area contributed by atoms with Gasteiger partial charge in [0.05, 0.1) is 9.82 Å². The molecule has 0 aliphatic carbocycles. The fourth-order valence-corrected chi connectivity index (χ4v) is 2.73. The van der Waals surface area contributed by atoms with Gasteiger partial charge in [0, 0.05) is 31.4 Å². The average Bonchev–Trinajstić information content (AvgIpc) is 2.49. The molecule has 0 fully saturated rings. The Balaban J connectivity index is 2.40. The molecule has 0 aliphatic heterocycles. The zero-order valence-electron chi connectivity index (χ0n) is 13.1. The van der Waals surface area contributed by atoms with E-state index < -0.39 is 20.6 Å². The van der Waals surface area contributed by atoms with Crippen LogP contribution in [0, 0.1) is 22.9 Å². The SMILES string of the molecule is Cc1ccc(CN(C)c2cc([N+](=O)[O-])cc(S(N)(=O)=O)c2)cc1F. The van der Waals surface area contributed by atoms with Crippen molar-refractivity contribution >= 4 is 21.4 Å². The van der Waals surface area contributed by atoms with Crippen LogP contribution in [0.5, 0.6) is 0 Å². The maximum atomic E-state index is 13.6. The number of halogens is 1. The molecule has 0 heterocycles. The second-order valence-electron chi connectivity index (χ2n) is 5.43. The molecule has 0 saturated carbocycles. The number of non-ortho nitro benzene ring substituents is 1. The summed E-state index contributed by atoms with van der Waals surface area (Å²) >= 11 is 0. The number of nitro benzene ring substituents is 1. The number of aryl methyl sites for hydroxylation is 1. The van der Waals surface area contributed by atoms with Crippen molar-refractivity contribution in [1.29, 1.82) is 0 Å². The summed E-state index contributed by atoms with van der Waals surface area (Å²) in [6.07, 6.45) is 0. The van der Waals surface area contributed by atoms with Crippen molar-refractivity contribution < 1.29 is 17.7 Å². The summed E-state index contributed by atoms with van der Waals surface area (Å²) in [5, 5.41) is 16.1. The lowest BCUT2D eigenvalue weighted by atomic mass is 10.1. The normalized spacial score (nSPS) is 11.3. The van der Waals surface area contributed by atoms with E-state index in [-0.39, 0.29) is 22.9 Å². The van der Waals surface area contributed by atoms with Gasteiger partial charge in [-0.2, -0.15) is 0 Å². The Morgan fingerprint density at radius 3 is 2.46 bits per heavy atom. The van der Waals surface area contributed by atoms with Crippen molar-refractivity contribution in [2.24, 2.45) is 5.14 Å². The first-order valence-electron chi connectivity index (χ1n) is 6.86. The number of primary sulfonamides is 1. The van der Waals surface area contributed by atoms with Gasteiger partial charge in [0.2, 0.25) is 10.0 Å². The van der Waals surface area contributed by atoms with Gasteiger partial charge in [-0.3, -0.25) is 10.1 Å². The van der Waals surface area contributed by atoms with Gasteiger partial charge >= 0.3 is 0 Å². The molecule has 0 bridgehead atoms. The molecule has 0 atom stereocenters. The van der Waals surface area contributed by atoms with E-state index >= 15 is 0 Å². The minimum Gasteiger partial charge on any atom is -0.370 e. The van der Waals surface area contributed by atoms with E-state index in [1.807, 2.05) is 0 Å². The Labute approximate surface area is 138 Å². The molecule has 0 unspecified atom stereocenters. The average molecular weight is 353 g/mol. The number of sulfonamides is 1. The molecule has 2 rings (SSSR count). The quantitative estimate of drug-likeness (QED) is 0.656. The molecule has 0 radical (unpaired) electrons. The van der Waals surface area contributed by atoms with Gasteiger partial charge in [-0.25, -0.2) is 17.9 Å². The fraction of sp³-hybridized carbons (Fsp3) is 0.200. The van der Waals surface area contributed by atoms with Crippen LogP contribution >= 0.6 is 0 Å². The second kappa shape index (κ2) is 6.54. The molecule has 2 N–H and O–H groups in total. The third kappa shape index (κ3) is 4.06. The van der Waals surface area contributed by atoms with Crippen LogP contribution in [0.25, 0.3) is 0 Å². The van der Waals surface area contributed by atoms with Crippen LogP contribution < -0.4 is 10.0 Å². The lowest BCUT2D eigenvalue weighted by Gasteiger charge is -2.20. The van der Waals surface area contributed by atoms with Crippen LogP contribution in [0.4, 0.5) is 15.8 Å². The monoisotopic (exact) mass is 353 g/mol. The maximum Gasteiger partial charge on any atom is 0.272 e. The van der Waals surface area contributed by atoms with E-state index in [4.69, 9.17) is 5.14 Å². The Morgan fingerprint density at radius 2 is 1.92 bits per heavy atom. The predicted molar refractivity (Wildman–Crippen MR) is 87.7 cm³/mol. The first-order chi connectivity index (χ1) is 11.1. The minimum atomic E-state index is -4.09. The fourth-order valence-electron chi connectivity index (χ4n) is 2.16. The Bertz CT molecular complexity index is 900. The lowest BCUT2D eigenvalue weighted by Crippen LogP contribution is -2.18. The summed E-state index contributed by atoms with van der Waals surface area (Å²) in [6.45, 7) is 1.88. The maximum absolute atomic E-state index is 13.6. The van der Waals surface area contributed by atoms with Gasteiger partial charge in [0.1, 0.15) is 5.82 Å². The van der Waals surface area contributed by atoms with Gasteiger partial charge in [-0.1, -0.05) is 12.1 Å². The summed E-state index contributed by atoms with van der Waals surface area (Å²) in [7, 11) is -2.48. The number of nitrogens with two attached hydrogens (primary N) is 1. The number of hydrogen-bond acceptors (Lipinski definition) is 5. The van der Waals surface area contributed by atoms with Crippen LogP contribution in [0.1, 0.15) is 11.1 Å². The van der Waals surface area contributed by atoms with Crippen LogP contribution in [0.15, 0.2) is 41.3 Å². The molecular formula is C15H16FN3O4S. The van der Waals surface area contributed by atoms with Crippen LogP contribution in [0.2, 0.25) is 0 Å². The van der Waals surface area contributed by atoms with Gasteiger partial charge < -0.3 is 4.90 Å². The Kier molecular flexibility index (Phi) is 4.86. The van der Waals surface area contributed by atoms with Crippen molar-refractivity contribution in [3.05, 3.63) is 63.5 Å². The number of rotatable bonds is 5. The van der Waals surface area contributed by atoms with Crippen molar-refractivity contribution in [2.45, 2.75) is 18.4 Å². The molecular weight excluding hydrogens is 337 g/mol. The highest BCUT2D eigenvalue weighted by Gasteiger charge is 2.18. The van der Waals surface area contributed by atoms with E-state index in [0.717, 1.165) is 6.07 Å². The summed E-state index contributed by atoms with van der Waals surface area (Å²) < 4.78 is 36.6.